The number of nitrogens with two attached hydrogens (primary N) is 1. The third-order valence-corrected chi connectivity index (χ3v) is 4.75. The number of rotatable bonds is 6. The second kappa shape index (κ2) is 7.61. The van der Waals surface area contributed by atoms with E-state index in [4.69, 9.17) is 10.5 Å². The topological polar surface area (TPSA) is 80.3 Å². The Morgan fingerprint density at radius 1 is 1.19 bits per heavy atom. The van der Waals surface area contributed by atoms with Gasteiger partial charge in [0.05, 0.1) is 12.7 Å². The molecule has 2 N–H and O–H groups in total. The number of amidine groups is 1. The number of ether oxygens (including phenoxy) is 1. The fourth-order valence-electron chi connectivity index (χ4n) is 3.00. The highest BCUT2D eigenvalue weighted by Crippen LogP contribution is 2.46. The summed E-state index contributed by atoms with van der Waals surface area (Å²) in [4.78, 5) is 13.3. The first-order valence-electron chi connectivity index (χ1n) is 8.80. The Morgan fingerprint density at radius 2 is 1.89 bits per heavy atom. The Morgan fingerprint density at radius 3 is 2.44 bits per heavy atom. The van der Waals surface area contributed by atoms with Crippen LogP contribution in [-0.4, -0.2) is 44.1 Å². The van der Waals surface area contributed by atoms with Crippen LogP contribution in [0.25, 0.3) is 0 Å². The molecular weight excluding hydrogens is 340 g/mol. The molecule has 0 aromatic heterocycles. The van der Waals surface area contributed by atoms with Gasteiger partial charge in [0, 0.05) is 31.3 Å². The van der Waals surface area contributed by atoms with Gasteiger partial charge in [-0.3, -0.25) is 4.79 Å². The van der Waals surface area contributed by atoms with Crippen molar-refractivity contribution in [2.24, 2.45) is 15.9 Å². The maximum atomic E-state index is 11.4. The SMILES string of the molecule is COc1cc(C(N)=O)ccc1/C(=N/N=C/C1(c2ccccc2)CC1)N(C)C. The third kappa shape index (κ3) is 4.00. The summed E-state index contributed by atoms with van der Waals surface area (Å²) in [5, 5.41) is 8.83. The summed E-state index contributed by atoms with van der Waals surface area (Å²) in [7, 11) is 5.33. The lowest BCUT2D eigenvalue weighted by molar-refractivity contribution is 0.1000. The zero-order valence-electron chi connectivity index (χ0n) is 15.8. The van der Waals surface area contributed by atoms with E-state index in [1.807, 2.05) is 43.4 Å². The van der Waals surface area contributed by atoms with Crippen molar-refractivity contribution in [1.82, 2.24) is 4.90 Å². The van der Waals surface area contributed by atoms with Gasteiger partial charge in [0.15, 0.2) is 5.84 Å². The monoisotopic (exact) mass is 364 g/mol. The van der Waals surface area contributed by atoms with Crippen LogP contribution in [0.3, 0.4) is 0 Å². The number of amides is 1. The average molecular weight is 364 g/mol. The van der Waals surface area contributed by atoms with Crippen LogP contribution in [0, 0.1) is 0 Å². The van der Waals surface area contributed by atoms with Gasteiger partial charge in [0.1, 0.15) is 5.75 Å². The molecule has 2 aromatic carbocycles. The van der Waals surface area contributed by atoms with Gasteiger partial charge in [0.25, 0.3) is 0 Å². The molecule has 0 saturated heterocycles. The number of hydrogen-bond acceptors (Lipinski definition) is 4. The first-order valence-corrected chi connectivity index (χ1v) is 8.80. The van der Waals surface area contributed by atoms with Crippen molar-refractivity contribution in [3.05, 3.63) is 65.2 Å². The van der Waals surface area contributed by atoms with E-state index in [1.165, 1.54) is 5.56 Å². The highest BCUT2D eigenvalue weighted by molar-refractivity contribution is 6.02. The summed E-state index contributed by atoms with van der Waals surface area (Å²) in [6.45, 7) is 0. The van der Waals surface area contributed by atoms with E-state index in [0.717, 1.165) is 18.4 Å². The van der Waals surface area contributed by atoms with Gasteiger partial charge in [-0.25, -0.2) is 0 Å². The van der Waals surface area contributed by atoms with Gasteiger partial charge in [-0.2, -0.15) is 5.10 Å². The van der Waals surface area contributed by atoms with Gasteiger partial charge in [0.2, 0.25) is 5.91 Å². The normalized spacial score (nSPS) is 15.6. The molecule has 3 rings (SSSR count). The number of methoxy groups -OCH3 is 1. The molecule has 1 saturated carbocycles. The van der Waals surface area contributed by atoms with E-state index in [0.29, 0.717) is 17.1 Å². The molecule has 1 aliphatic carbocycles. The molecule has 0 radical (unpaired) electrons. The predicted octanol–water partition coefficient (Wildman–Crippen LogP) is 2.82. The standard InChI is InChI=1S/C21H24N4O2/c1-25(2)20(17-10-9-15(19(22)26)13-18(17)27-3)24-23-14-21(11-12-21)16-7-5-4-6-8-16/h4-10,13-14H,11-12H2,1-3H3,(H2,22,26)/b23-14+,24-20-. The van der Waals surface area contributed by atoms with Gasteiger partial charge in [-0.1, -0.05) is 30.3 Å². The smallest absolute Gasteiger partial charge is 0.248 e. The zero-order chi connectivity index (χ0) is 19.4. The fourth-order valence-corrected chi connectivity index (χ4v) is 3.00. The van der Waals surface area contributed by atoms with E-state index in [9.17, 15) is 4.79 Å². The zero-order valence-corrected chi connectivity index (χ0v) is 15.8. The number of hydrogen-bond donors (Lipinski definition) is 1. The maximum absolute atomic E-state index is 11.4. The summed E-state index contributed by atoms with van der Waals surface area (Å²) in [6.07, 6.45) is 4.07. The number of carbonyl (C=O) groups is 1. The molecule has 140 valence electrons. The second-order valence-electron chi connectivity index (χ2n) is 6.86. The highest BCUT2D eigenvalue weighted by atomic mass is 16.5. The molecule has 1 fully saturated rings. The number of nitrogens with zero attached hydrogens (tertiary/aromatic N) is 3. The molecule has 1 aliphatic rings. The van der Waals surface area contributed by atoms with Crippen molar-refractivity contribution >= 4 is 18.0 Å². The molecule has 27 heavy (non-hydrogen) atoms. The molecule has 0 bridgehead atoms. The van der Waals surface area contributed by atoms with E-state index >= 15 is 0 Å². The third-order valence-electron chi connectivity index (χ3n) is 4.75. The minimum atomic E-state index is -0.500. The summed E-state index contributed by atoms with van der Waals surface area (Å²) in [5.41, 5.74) is 7.74. The Labute approximate surface area is 159 Å². The molecule has 2 aromatic rings. The van der Waals surface area contributed by atoms with Crippen molar-refractivity contribution < 1.29 is 9.53 Å². The van der Waals surface area contributed by atoms with Crippen LogP contribution < -0.4 is 10.5 Å². The van der Waals surface area contributed by atoms with Crippen molar-refractivity contribution in [2.45, 2.75) is 18.3 Å². The second-order valence-corrected chi connectivity index (χ2v) is 6.86. The van der Waals surface area contributed by atoms with Crippen LogP contribution in [0.4, 0.5) is 0 Å². The summed E-state index contributed by atoms with van der Waals surface area (Å²) in [5.74, 6) is 0.667. The predicted molar refractivity (Wildman–Crippen MR) is 108 cm³/mol. The molecule has 0 aliphatic heterocycles. The first kappa shape index (κ1) is 18.6. The highest BCUT2D eigenvalue weighted by Gasteiger charge is 2.42. The lowest BCUT2D eigenvalue weighted by atomic mass is 9.98. The summed E-state index contributed by atoms with van der Waals surface area (Å²) < 4.78 is 5.43. The first-order chi connectivity index (χ1) is 13.0. The summed E-state index contributed by atoms with van der Waals surface area (Å²) >= 11 is 0. The molecule has 1 amide bonds. The van der Waals surface area contributed by atoms with E-state index in [1.54, 1.807) is 25.3 Å². The number of primary amides is 1. The van der Waals surface area contributed by atoms with E-state index < -0.39 is 5.91 Å². The molecule has 0 spiro atoms. The molecule has 6 heteroatoms. The van der Waals surface area contributed by atoms with Crippen molar-refractivity contribution in [3.8, 4) is 5.75 Å². The number of benzene rings is 2. The minimum absolute atomic E-state index is 0.0118. The maximum Gasteiger partial charge on any atom is 0.248 e. The van der Waals surface area contributed by atoms with Gasteiger partial charge in [-0.15, -0.1) is 5.10 Å². The Bertz CT molecular complexity index is 884. The van der Waals surface area contributed by atoms with Crippen LogP contribution in [0.1, 0.15) is 34.3 Å². The van der Waals surface area contributed by atoms with Crippen molar-refractivity contribution in [3.63, 3.8) is 0 Å². The lowest BCUT2D eigenvalue weighted by Crippen LogP contribution is -2.24. The van der Waals surface area contributed by atoms with Crippen molar-refractivity contribution in [2.75, 3.05) is 21.2 Å². The van der Waals surface area contributed by atoms with Gasteiger partial charge < -0.3 is 15.4 Å². The molecule has 0 heterocycles. The molecule has 6 nitrogen and oxygen atoms in total. The van der Waals surface area contributed by atoms with E-state index in [2.05, 4.69) is 22.3 Å². The fraction of sp³-hybridized carbons (Fsp3) is 0.286. The van der Waals surface area contributed by atoms with Crippen molar-refractivity contribution in [1.29, 1.82) is 0 Å². The van der Waals surface area contributed by atoms with E-state index in [-0.39, 0.29) is 5.41 Å². The summed E-state index contributed by atoms with van der Waals surface area (Å²) in [6, 6.07) is 15.4. The molecule has 0 atom stereocenters. The average Bonchev–Trinajstić information content (AvgIpc) is 3.46. The lowest BCUT2D eigenvalue weighted by Gasteiger charge is -2.17. The number of carbonyl (C=O) groups excluding carboxylic acids is 1. The quantitative estimate of drug-likeness (QED) is 0.486. The van der Waals surface area contributed by atoms with Crippen LogP contribution in [0.5, 0.6) is 5.75 Å². The van der Waals surface area contributed by atoms with Gasteiger partial charge in [-0.05, 0) is 36.6 Å². The van der Waals surface area contributed by atoms with Crippen LogP contribution in [0.15, 0.2) is 58.7 Å². The van der Waals surface area contributed by atoms with Gasteiger partial charge >= 0.3 is 0 Å². The van der Waals surface area contributed by atoms with Crippen LogP contribution in [-0.2, 0) is 5.41 Å². The Balaban J connectivity index is 1.91. The van der Waals surface area contributed by atoms with Crippen LogP contribution >= 0.6 is 0 Å². The molecule has 0 unspecified atom stereocenters. The Kier molecular flexibility index (Phi) is 5.26. The largest absolute Gasteiger partial charge is 0.496 e. The van der Waals surface area contributed by atoms with Crippen LogP contribution in [0.2, 0.25) is 0 Å². The molecular formula is C21H24N4O2. The minimum Gasteiger partial charge on any atom is -0.496 e. The Hall–Kier alpha value is -3.15.